The highest BCUT2D eigenvalue weighted by molar-refractivity contribution is 7.20. The molecule has 0 unspecified atom stereocenters. The van der Waals surface area contributed by atoms with Crippen molar-refractivity contribution in [1.29, 1.82) is 0 Å². The second-order valence-corrected chi connectivity index (χ2v) is 6.56. The van der Waals surface area contributed by atoms with Crippen molar-refractivity contribution in [1.82, 2.24) is 0 Å². The number of carbonyl (C=O) groups is 1. The lowest BCUT2D eigenvalue weighted by Gasteiger charge is -2.09. The van der Waals surface area contributed by atoms with Crippen LogP contribution in [0.2, 0.25) is 5.02 Å². The summed E-state index contributed by atoms with van der Waals surface area (Å²) < 4.78 is 29.4. The lowest BCUT2D eigenvalue weighted by molar-refractivity contribution is -0.384. The number of halogens is 3. The molecular weight excluding hydrogens is 390 g/mol. The molecule has 0 saturated heterocycles. The zero-order chi connectivity index (χ0) is 18.8. The number of rotatable bonds is 5. The average molecular weight is 399 g/mol. The fourth-order valence-corrected chi connectivity index (χ4v) is 3.38. The summed E-state index contributed by atoms with van der Waals surface area (Å²) in [6, 6.07) is 9.74. The highest BCUT2D eigenvalue weighted by Crippen LogP contribution is 2.31. The minimum atomic E-state index is -3.00. The van der Waals surface area contributed by atoms with E-state index < -0.39 is 17.4 Å². The van der Waals surface area contributed by atoms with E-state index in [1.165, 1.54) is 47.7 Å². The third-order valence-electron chi connectivity index (χ3n) is 3.34. The van der Waals surface area contributed by atoms with Crippen molar-refractivity contribution in [2.75, 3.05) is 5.32 Å². The third kappa shape index (κ3) is 3.89. The fraction of sp³-hybridized carbons (Fsp3) is 0.0625. The first kappa shape index (κ1) is 18.0. The summed E-state index contributed by atoms with van der Waals surface area (Å²) >= 11 is 7.01. The molecular formula is C16H9ClF2N2O4S. The van der Waals surface area contributed by atoms with E-state index in [1.807, 2.05) is 0 Å². The van der Waals surface area contributed by atoms with Gasteiger partial charge in [-0.1, -0.05) is 11.6 Å². The molecule has 1 amide bonds. The Bertz CT molecular complexity index is 1010. The van der Waals surface area contributed by atoms with Gasteiger partial charge in [-0.3, -0.25) is 14.9 Å². The Morgan fingerprint density at radius 3 is 2.65 bits per heavy atom. The lowest BCUT2D eigenvalue weighted by Crippen LogP contribution is -2.10. The van der Waals surface area contributed by atoms with Gasteiger partial charge in [-0.05, 0) is 30.3 Å². The van der Waals surface area contributed by atoms with Gasteiger partial charge in [0.25, 0.3) is 11.6 Å². The molecule has 1 heterocycles. The van der Waals surface area contributed by atoms with E-state index in [2.05, 4.69) is 10.1 Å². The van der Waals surface area contributed by atoms with Gasteiger partial charge in [-0.2, -0.15) is 8.78 Å². The highest BCUT2D eigenvalue weighted by atomic mass is 35.5. The summed E-state index contributed by atoms with van der Waals surface area (Å²) in [6.07, 6.45) is 0. The molecule has 26 heavy (non-hydrogen) atoms. The molecule has 1 aromatic heterocycles. The van der Waals surface area contributed by atoms with Crippen molar-refractivity contribution in [3.8, 4) is 5.75 Å². The van der Waals surface area contributed by atoms with E-state index in [0.717, 1.165) is 4.70 Å². The lowest BCUT2D eigenvalue weighted by atomic mass is 10.2. The van der Waals surface area contributed by atoms with E-state index in [0.29, 0.717) is 16.0 Å². The predicted molar refractivity (Wildman–Crippen MR) is 94.5 cm³/mol. The first-order valence-electron chi connectivity index (χ1n) is 7.07. The topological polar surface area (TPSA) is 81.5 Å². The van der Waals surface area contributed by atoms with Crippen molar-refractivity contribution < 1.29 is 23.2 Å². The number of nitro groups is 1. The van der Waals surface area contributed by atoms with Gasteiger partial charge in [0.1, 0.15) is 5.75 Å². The van der Waals surface area contributed by atoms with Crippen LogP contribution in [-0.4, -0.2) is 17.4 Å². The van der Waals surface area contributed by atoms with Gasteiger partial charge >= 0.3 is 6.61 Å². The summed E-state index contributed by atoms with van der Waals surface area (Å²) in [5.74, 6) is -0.652. The Morgan fingerprint density at radius 2 is 2.00 bits per heavy atom. The zero-order valence-electron chi connectivity index (χ0n) is 12.7. The quantitative estimate of drug-likeness (QED) is 0.466. The van der Waals surface area contributed by atoms with Crippen molar-refractivity contribution >= 4 is 50.3 Å². The van der Waals surface area contributed by atoms with Crippen LogP contribution in [0.15, 0.2) is 42.5 Å². The summed E-state index contributed by atoms with van der Waals surface area (Å²) in [6.45, 7) is -3.00. The molecule has 0 aliphatic carbocycles. The summed E-state index contributed by atoms with van der Waals surface area (Å²) in [5, 5.41) is 13.9. The number of nitro benzene ring substituents is 1. The SMILES string of the molecule is O=C(Nc1ccc(OC(F)F)c(Cl)c1)c1cc2cc([N+](=O)[O-])ccc2s1. The van der Waals surface area contributed by atoms with Crippen molar-refractivity contribution in [2.24, 2.45) is 0 Å². The van der Waals surface area contributed by atoms with Gasteiger partial charge in [0.2, 0.25) is 0 Å². The second kappa shape index (κ2) is 7.22. The van der Waals surface area contributed by atoms with Crippen LogP contribution in [0.25, 0.3) is 10.1 Å². The Labute approximate surface area is 154 Å². The van der Waals surface area contributed by atoms with Gasteiger partial charge < -0.3 is 10.1 Å². The molecule has 0 bridgehead atoms. The Kier molecular flexibility index (Phi) is 5.01. The number of non-ortho nitro benzene ring substituents is 1. The molecule has 134 valence electrons. The maximum atomic E-state index is 12.3. The summed E-state index contributed by atoms with van der Waals surface area (Å²) in [4.78, 5) is 23.0. The molecule has 0 radical (unpaired) electrons. The predicted octanol–water partition coefficient (Wildman–Crippen LogP) is 5.32. The van der Waals surface area contributed by atoms with Gasteiger partial charge in [0, 0.05) is 27.9 Å². The monoisotopic (exact) mass is 398 g/mol. The number of hydrogen-bond acceptors (Lipinski definition) is 5. The Morgan fingerprint density at radius 1 is 1.23 bits per heavy atom. The molecule has 2 aromatic carbocycles. The average Bonchev–Trinajstić information content (AvgIpc) is 3.00. The van der Waals surface area contributed by atoms with Crippen LogP contribution in [-0.2, 0) is 0 Å². The molecule has 0 saturated carbocycles. The van der Waals surface area contributed by atoms with Crippen LogP contribution in [0.4, 0.5) is 20.2 Å². The number of carbonyl (C=O) groups excluding carboxylic acids is 1. The first-order valence-corrected chi connectivity index (χ1v) is 8.26. The molecule has 10 heteroatoms. The molecule has 1 N–H and O–H groups in total. The normalized spacial score (nSPS) is 10.9. The van der Waals surface area contributed by atoms with E-state index in [-0.39, 0.29) is 16.5 Å². The fourth-order valence-electron chi connectivity index (χ4n) is 2.22. The van der Waals surface area contributed by atoms with Crippen LogP contribution in [0.5, 0.6) is 5.75 Å². The van der Waals surface area contributed by atoms with Gasteiger partial charge in [0.05, 0.1) is 14.8 Å². The molecule has 0 atom stereocenters. The Hall–Kier alpha value is -2.78. The molecule has 6 nitrogen and oxygen atoms in total. The number of amides is 1. The van der Waals surface area contributed by atoms with Crippen LogP contribution in [0.3, 0.4) is 0 Å². The summed E-state index contributed by atoms with van der Waals surface area (Å²) in [7, 11) is 0. The van der Waals surface area contributed by atoms with Crippen LogP contribution in [0, 0.1) is 10.1 Å². The van der Waals surface area contributed by atoms with E-state index in [1.54, 1.807) is 6.07 Å². The van der Waals surface area contributed by atoms with Crippen molar-refractivity contribution in [3.05, 3.63) is 62.5 Å². The highest BCUT2D eigenvalue weighted by Gasteiger charge is 2.15. The largest absolute Gasteiger partial charge is 0.433 e. The number of hydrogen-bond donors (Lipinski definition) is 1. The van der Waals surface area contributed by atoms with E-state index in [4.69, 9.17) is 11.6 Å². The van der Waals surface area contributed by atoms with Crippen molar-refractivity contribution in [3.63, 3.8) is 0 Å². The number of anilines is 1. The standard InChI is InChI=1S/C16H9ClF2N2O4S/c17-11-7-9(1-3-12(11)25-16(18)19)20-15(22)14-6-8-5-10(21(23)24)2-4-13(8)26-14/h1-7,16H,(H,20,22). The Balaban J connectivity index is 1.80. The number of thiophene rings is 1. The number of fused-ring (bicyclic) bond motifs is 1. The summed E-state index contributed by atoms with van der Waals surface area (Å²) in [5.41, 5.74) is 0.230. The van der Waals surface area contributed by atoms with Gasteiger partial charge in [0.15, 0.2) is 0 Å². The number of ether oxygens (including phenoxy) is 1. The number of alkyl halides is 2. The van der Waals surface area contributed by atoms with Gasteiger partial charge in [-0.15, -0.1) is 11.3 Å². The number of benzene rings is 2. The molecule has 0 aliphatic rings. The molecule has 3 aromatic rings. The maximum Gasteiger partial charge on any atom is 0.387 e. The third-order valence-corrected chi connectivity index (χ3v) is 4.75. The zero-order valence-corrected chi connectivity index (χ0v) is 14.3. The maximum absolute atomic E-state index is 12.3. The minimum Gasteiger partial charge on any atom is -0.433 e. The molecule has 0 fully saturated rings. The van der Waals surface area contributed by atoms with E-state index in [9.17, 15) is 23.7 Å². The number of nitrogens with one attached hydrogen (secondary N) is 1. The van der Waals surface area contributed by atoms with Crippen LogP contribution < -0.4 is 10.1 Å². The molecule has 0 aliphatic heterocycles. The second-order valence-electron chi connectivity index (χ2n) is 5.07. The number of nitrogens with zero attached hydrogens (tertiary/aromatic N) is 1. The van der Waals surface area contributed by atoms with Crippen molar-refractivity contribution in [2.45, 2.75) is 6.61 Å². The van der Waals surface area contributed by atoms with Crippen LogP contribution >= 0.6 is 22.9 Å². The molecule has 3 rings (SSSR count). The van der Waals surface area contributed by atoms with Gasteiger partial charge in [-0.25, -0.2) is 0 Å². The smallest absolute Gasteiger partial charge is 0.387 e. The minimum absolute atomic E-state index is 0.0661. The van der Waals surface area contributed by atoms with Crippen LogP contribution in [0.1, 0.15) is 9.67 Å². The first-order chi connectivity index (χ1) is 12.3. The van der Waals surface area contributed by atoms with E-state index >= 15 is 0 Å². The molecule has 0 spiro atoms.